The van der Waals surface area contributed by atoms with E-state index >= 15 is 0 Å². The zero-order chi connectivity index (χ0) is 76.4. The van der Waals surface area contributed by atoms with Crippen LogP contribution in [0.2, 0.25) is 5.28 Å². The van der Waals surface area contributed by atoms with Crippen LogP contribution in [0.25, 0.3) is 111 Å². The topological polar surface area (TPSA) is 531 Å². The van der Waals surface area contributed by atoms with Crippen LogP contribution in [-0.2, 0) is 80.1 Å². The van der Waals surface area contributed by atoms with E-state index in [1.807, 2.05) is 109 Å². The van der Waals surface area contributed by atoms with E-state index in [0.717, 1.165) is 73.6 Å². The van der Waals surface area contributed by atoms with Gasteiger partial charge in [0.25, 0.3) is 50.6 Å². The fourth-order valence-corrected chi connectivity index (χ4v) is 12.4. The molecule has 8 bridgehead atoms. The van der Waals surface area contributed by atoms with Gasteiger partial charge in [-0.15, -0.1) is 10.2 Å². The van der Waals surface area contributed by atoms with Gasteiger partial charge < -0.3 is 45.6 Å². The monoisotopic (exact) mass is 1630 g/mol. The predicted octanol–water partition coefficient (Wildman–Crippen LogP) is 10.9. The molecule has 9 aromatic carbocycles. The summed E-state index contributed by atoms with van der Waals surface area (Å²) in [4.78, 5) is 49.8. The van der Waals surface area contributed by atoms with E-state index in [-0.39, 0.29) is 58.8 Å². The maximum Gasteiger partial charge on any atom is 2.00 e. The van der Waals surface area contributed by atoms with Gasteiger partial charge in [0.05, 0.1) is 70.3 Å². The number of phenolic OH excluding ortho intramolecular Hbond substituents is 1. The summed E-state index contributed by atoms with van der Waals surface area (Å²) in [5, 5.41) is 29.3. The van der Waals surface area contributed by atoms with E-state index in [1.165, 1.54) is 12.1 Å². The standard InChI is InChI=1S/C32H16N8.C30H23ClN8O9S3.3CH4O3S.Zn/c1-2-10-18-17(9-1)25-33-26(18)38-28-21-13-5-6-14-22(21)30(35-28)40-32-24-16-8-7-15-23(24)31(36-32)39-29-20-12-4-3-11-19(20)27(34-29)37-25;1-49(41,42)39-19-9-5-8-18(14-19)32-29-34-28(31)35-30(36-29)33-23-15-20(50(43,44)45)12-17-13-24(51(46,47)48)26(27(40)25(17)23)38-37-22-11-4-7-16-6-2-3-10-21(16)22;3*1-5(2,3)4;/h1-16H;2-15,39-40H,1H3,(H,43,44,45)(H,46,47,48)(H2,32,33,34,35,36);3*1H3,(H,2,3,4);/q-2;;;;;+2. The van der Waals surface area contributed by atoms with Crippen LogP contribution in [-0.4, -0.2) is 148 Å². The molecule has 0 fully saturated rings. The largest absolute Gasteiger partial charge is 2.00 e. The molecule has 0 saturated carbocycles. The van der Waals surface area contributed by atoms with Gasteiger partial charge in [0.2, 0.25) is 27.2 Å². The second-order valence-electron chi connectivity index (χ2n) is 22.6. The first-order valence-corrected chi connectivity index (χ1v) is 40.5. The third-order valence-electron chi connectivity index (χ3n) is 14.3. The minimum absolute atomic E-state index is 0. The molecule has 0 radical (unpaired) electrons. The van der Waals surface area contributed by atoms with Crippen molar-refractivity contribution in [3.8, 4) is 51.3 Å². The Hall–Kier alpha value is -10.9. The number of aromatic hydroxyl groups is 1. The van der Waals surface area contributed by atoms with Crippen LogP contribution < -0.4 is 25.3 Å². The molecule has 0 amide bonds. The SMILES string of the molecule is CS(=O)(=O)Nc1cccc(Nc2nc(Cl)nc(Nc3cc(S(=O)(=O)O)cc4cc(S(=O)(=O)O)c(N=Nc5cccc6ccccc56)c(O)c34)n2)c1.CS(=O)(=O)O.CS(=O)(=O)O.CS(=O)(=O)O.[Zn+2].c1ccc2c(c1)-c1nc-2nc2[n-]c(nc3nc(nc4[n-]c(n1)c1ccccc41)-c1ccccc1-3)c1ccccc21. The summed E-state index contributed by atoms with van der Waals surface area (Å²) >= 11 is 6.15. The number of nitrogens with one attached hydrogen (secondary N) is 3. The molecule has 0 atom stereocenters. The van der Waals surface area contributed by atoms with E-state index in [2.05, 4.69) is 40.5 Å². The Bertz CT molecular complexity index is 6270. The van der Waals surface area contributed by atoms with Crippen molar-refractivity contribution in [2.75, 3.05) is 40.4 Å². The number of azo groups is 1. The minimum Gasteiger partial charge on any atom is -0.505 e. The summed E-state index contributed by atoms with van der Waals surface area (Å²) in [6, 6.07) is 52.7. The molecule has 107 heavy (non-hydrogen) atoms. The summed E-state index contributed by atoms with van der Waals surface area (Å²) < 4.78 is 173. The predicted molar refractivity (Wildman–Crippen MR) is 396 cm³/mol. The van der Waals surface area contributed by atoms with Gasteiger partial charge in [0.1, 0.15) is 10.6 Å². The number of hydrogen-bond donors (Lipinski definition) is 9. The van der Waals surface area contributed by atoms with E-state index < -0.39 is 81.8 Å². The van der Waals surface area contributed by atoms with Gasteiger partial charge in [-0.1, -0.05) is 140 Å². The molecule has 6 heterocycles. The van der Waals surface area contributed by atoms with Crippen LogP contribution in [0.15, 0.2) is 202 Å². The van der Waals surface area contributed by atoms with E-state index in [9.17, 15) is 64.7 Å². The molecule has 2 aliphatic heterocycles. The van der Waals surface area contributed by atoms with Gasteiger partial charge in [0.15, 0.2) is 5.75 Å². The fraction of sp³-hybridized carbons (Fsp3) is 0.0615. The molecule has 34 nitrogen and oxygen atoms in total. The third-order valence-corrected chi connectivity index (χ3v) is 16.8. The quantitative estimate of drug-likeness (QED) is 0.0349. The van der Waals surface area contributed by atoms with Crippen molar-refractivity contribution in [1.29, 1.82) is 0 Å². The number of fused-ring (bicyclic) bond motifs is 22. The first-order valence-electron chi connectivity index (χ1n) is 29.8. The van der Waals surface area contributed by atoms with Crippen LogP contribution in [0.4, 0.5) is 40.3 Å². The molecular formula is C65H51ClN16O18S6Zn. The first kappa shape index (κ1) is 78.7. The Labute approximate surface area is 625 Å². The van der Waals surface area contributed by atoms with Crippen molar-refractivity contribution < 1.29 is 97.9 Å². The molecule has 15 rings (SSSR count). The molecule has 2 aliphatic rings. The van der Waals surface area contributed by atoms with Crippen LogP contribution in [0.1, 0.15) is 0 Å². The number of anilines is 5. The van der Waals surface area contributed by atoms with Gasteiger partial charge in [-0.25, -0.2) is 18.4 Å². The normalized spacial score (nSPS) is 12.0. The molecule has 42 heteroatoms. The molecule has 0 unspecified atom stereocenters. The second-order valence-corrected chi connectivity index (χ2v) is 31.9. The molecule has 0 spiro atoms. The van der Waals surface area contributed by atoms with Gasteiger partial charge >= 0.3 is 19.5 Å². The Balaban J connectivity index is 0.000000193. The third kappa shape index (κ3) is 20.2. The Kier molecular flexibility index (Phi) is 23.0. The summed E-state index contributed by atoms with van der Waals surface area (Å²) in [7, 11) is -24.6. The Morgan fingerprint density at radius 3 is 1.22 bits per heavy atom. The molecule has 0 aliphatic carbocycles. The van der Waals surface area contributed by atoms with Crippen LogP contribution in [0.5, 0.6) is 5.75 Å². The summed E-state index contributed by atoms with van der Waals surface area (Å²) in [6.07, 6.45) is 3.13. The van der Waals surface area contributed by atoms with Crippen LogP contribution in [0, 0.1) is 0 Å². The van der Waals surface area contributed by atoms with Crippen molar-refractivity contribution >= 4 is 178 Å². The Morgan fingerprint density at radius 1 is 0.402 bits per heavy atom. The smallest absolute Gasteiger partial charge is 0.505 e. The van der Waals surface area contributed by atoms with Crippen LogP contribution in [0.3, 0.4) is 0 Å². The number of rotatable bonds is 10. The summed E-state index contributed by atoms with van der Waals surface area (Å²) in [5.74, 6) is 0.863. The molecule has 13 aromatic rings. The fourth-order valence-electron chi connectivity index (χ4n) is 10.4. The number of benzene rings is 9. The average molecular weight is 1640 g/mol. The maximum absolute atomic E-state index is 12.5. The van der Waals surface area contributed by atoms with E-state index in [1.54, 1.807) is 42.5 Å². The number of hydrogen-bond acceptors (Lipinski definition) is 26. The van der Waals surface area contributed by atoms with Gasteiger partial charge in [0, 0.05) is 61.3 Å². The number of sulfonamides is 1. The van der Waals surface area contributed by atoms with Crippen molar-refractivity contribution in [3.05, 3.63) is 187 Å². The second kappa shape index (κ2) is 31.3. The molecule has 544 valence electrons. The minimum atomic E-state index is -5.11. The van der Waals surface area contributed by atoms with Crippen molar-refractivity contribution in [2.45, 2.75) is 9.79 Å². The van der Waals surface area contributed by atoms with Crippen molar-refractivity contribution in [1.82, 2.24) is 54.8 Å². The number of phenols is 1. The molecule has 0 saturated heterocycles. The molecular weight excluding hydrogens is 1590 g/mol. The van der Waals surface area contributed by atoms with Gasteiger partial charge in [-0.2, -0.15) is 57.0 Å². The summed E-state index contributed by atoms with van der Waals surface area (Å²) in [5.41, 5.74) is 5.65. The van der Waals surface area contributed by atoms with Crippen molar-refractivity contribution in [3.63, 3.8) is 0 Å². The van der Waals surface area contributed by atoms with Crippen LogP contribution >= 0.6 is 11.6 Å². The number of halogens is 1. The average Bonchev–Trinajstić information content (AvgIpc) is 1.57. The summed E-state index contributed by atoms with van der Waals surface area (Å²) in [6.45, 7) is 0. The number of aromatic nitrogens is 11. The zero-order valence-electron chi connectivity index (χ0n) is 55.3. The molecule has 4 aromatic heterocycles. The first-order chi connectivity index (χ1) is 49.7. The zero-order valence-corrected chi connectivity index (χ0v) is 63.9. The van der Waals surface area contributed by atoms with E-state index in [4.69, 9.17) is 65.1 Å². The number of nitrogens with zero attached hydrogens (tertiary/aromatic N) is 13. The van der Waals surface area contributed by atoms with Gasteiger partial charge in [-0.3, -0.25) is 27.5 Å². The Morgan fingerprint density at radius 2 is 0.794 bits per heavy atom. The molecule has 9 N–H and O–H groups in total. The van der Waals surface area contributed by atoms with Gasteiger partial charge in [-0.05, 0) is 86.4 Å². The van der Waals surface area contributed by atoms with Crippen molar-refractivity contribution in [2.24, 2.45) is 10.2 Å². The maximum atomic E-state index is 12.5. The van der Waals surface area contributed by atoms with E-state index in [0.29, 0.717) is 81.4 Å².